The zero-order valence-corrected chi connectivity index (χ0v) is 35.3. The van der Waals surface area contributed by atoms with E-state index in [1.165, 1.54) is 51.8 Å². The van der Waals surface area contributed by atoms with Gasteiger partial charge in [-0.15, -0.1) is 0 Å². The third-order valence-electron chi connectivity index (χ3n) is 10.4. The van der Waals surface area contributed by atoms with Crippen LogP contribution in [0.25, 0.3) is 11.1 Å². The van der Waals surface area contributed by atoms with Crippen molar-refractivity contribution in [2.24, 2.45) is 0 Å². The summed E-state index contributed by atoms with van der Waals surface area (Å²) in [6.45, 7) is 14.6. The molecular formula is C56H58N2O. The van der Waals surface area contributed by atoms with Crippen molar-refractivity contribution >= 4 is 11.4 Å². The molecule has 0 aliphatic heterocycles. The van der Waals surface area contributed by atoms with Crippen molar-refractivity contribution in [1.29, 1.82) is 0 Å². The summed E-state index contributed by atoms with van der Waals surface area (Å²) in [6.07, 6.45) is 29.1. The molecule has 3 nitrogen and oxygen atoms in total. The van der Waals surface area contributed by atoms with Crippen molar-refractivity contribution in [2.45, 2.75) is 65.8 Å². The fraction of sp³-hybridized carbons (Fsp3) is 0.179. The fourth-order valence-corrected chi connectivity index (χ4v) is 7.22. The van der Waals surface area contributed by atoms with Crippen molar-refractivity contribution in [3.05, 3.63) is 240 Å². The van der Waals surface area contributed by atoms with E-state index in [1.54, 1.807) is 0 Å². The topological polar surface area (TPSA) is 24.5 Å². The van der Waals surface area contributed by atoms with Crippen LogP contribution >= 0.6 is 0 Å². The smallest absolute Gasteiger partial charge is 0.127 e. The summed E-state index contributed by atoms with van der Waals surface area (Å²) < 4.78 is 6.11. The lowest BCUT2D eigenvalue weighted by molar-refractivity contribution is 0.482. The van der Waals surface area contributed by atoms with Crippen molar-refractivity contribution in [3.63, 3.8) is 0 Å². The first-order chi connectivity index (χ1) is 28.8. The molecule has 0 aromatic heterocycles. The number of hydrogen-bond donors (Lipinski definition) is 1. The molecule has 2 atom stereocenters. The Bertz CT molecular complexity index is 2330. The normalized spacial score (nSPS) is 16.1. The van der Waals surface area contributed by atoms with Crippen LogP contribution in [0.2, 0.25) is 0 Å². The Balaban J connectivity index is 0.000000512. The van der Waals surface area contributed by atoms with E-state index in [0.717, 1.165) is 40.7 Å². The molecule has 0 saturated carbocycles. The number of nitrogens with one attached hydrogen (secondary N) is 1. The molecule has 0 spiro atoms. The molecule has 3 heteroatoms. The van der Waals surface area contributed by atoms with Crippen LogP contribution in [-0.2, 0) is 6.42 Å². The van der Waals surface area contributed by atoms with E-state index in [2.05, 4.69) is 196 Å². The van der Waals surface area contributed by atoms with E-state index in [-0.39, 0.29) is 12.0 Å². The van der Waals surface area contributed by atoms with E-state index in [4.69, 9.17) is 4.74 Å². The Morgan fingerprint density at radius 1 is 0.746 bits per heavy atom. The summed E-state index contributed by atoms with van der Waals surface area (Å²) in [5, 5.41) is 3.75. The molecule has 2 unspecified atom stereocenters. The van der Waals surface area contributed by atoms with Crippen molar-refractivity contribution in [3.8, 4) is 22.6 Å². The fourth-order valence-electron chi connectivity index (χ4n) is 7.22. The predicted molar refractivity (Wildman–Crippen MR) is 254 cm³/mol. The second-order valence-electron chi connectivity index (χ2n) is 15.1. The molecule has 5 aromatic carbocycles. The third kappa shape index (κ3) is 12.0. The van der Waals surface area contributed by atoms with Gasteiger partial charge >= 0.3 is 0 Å². The van der Waals surface area contributed by atoms with Crippen LogP contribution in [0, 0.1) is 13.8 Å². The predicted octanol–water partition coefficient (Wildman–Crippen LogP) is 15.1. The van der Waals surface area contributed by atoms with Gasteiger partial charge in [0.25, 0.3) is 0 Å². The largest absolute Gasteiger partial charge is 0.457 e. The summed E-state index contributed by atoms with van der Waals surface area (Å²) in [5.74, 6) is 1.85. The second-order valence-corrected chi connectivity index (χ2v) is 15.1. The summed E-state index contributed by atoms with van der Waals surface area (Å²) >= 11 is 0. The number of nitrogens with zero attached hydrogens (tertiary/aromatic N) is 1. The van der Waals surface area contributed by atoms with E-state index in [0.29, 0.717) is 0 Å². The number of anilines is 2. The summed E-state index contributed by atoms with van der Waals surface area (Å²) in [4.78, 5) is 2.23. The lowest BCUT2D eigenvalue weighted by Gasteiger charge is -2.28. The number of hydrogen-bond acceptors (Lipinski definition) is 3. The zero-order chi connectivity index (χ0) is 41.4. The third-order valence-corrected chi connectivity index (χ3v) is 10.4. The molecule has 2 aliphatic carbocycles. The minimum absolute atomic E-state index is 0.181. The van der Waals surface area contributed by atoms with Crippen LogP contribution in [0.5, 0.6) is 11.5 Å². The van der Waals surface area contributed by atoms with Gasteiger partial charge in [0.1, 0.15) is 11.5 Å². The highest BCUT2D eigenvalue weighted by Crippen LogP contribution is 2.35. The Hall–Kier alpha value is -6.58. The van der Waals surface area contributed by atoms with Crippen LogP contribution in [0.4, 0.5) is 11.4 Å². The molecule has 0 heterocycles. The van der Waals surface area contributed by atoms with Crippen LogP contribution in [0.1, 0.15) is 61.8 Å². The SMILES string of the molecule is C=C/C=C(\C=C/C)N(c1ccc(Oc2ccc(C)cc2)cc1)c1ccc(-c2ccc(C3C=C(C)C=CC3NC3=CC=CCC=C3)cc2)cc1.CCCc1ccc(C)cc1. The van der Waals surface area contributed by atoms with Crippen molar-refractivity contribution in [2.75, 3.05) is 4.90 Å². The van der Waals surface area contributed by atoms with Crippen molar-refractivity contribution < 1.29 is 4.74 Å². The maximum absolute atomic E-state index is 6.11. The molecular weight excluding hydrogens is 717 g/mol. The van der Waals surface area contributed by atoms with Gasteiger partial charge in [0.2, 0.25) is 0 Å². The van der Waals surface area contributed by atoms with Gasteiger partial charge in [-0.3, -0.25) is 0 Å². The summed E-state index contributed by atoms with van der Waals surface area (Å²) in [7, 11) is 0. The van der Waals surface area contributed by atoms with Gasteiger partial charge in [0.15, 0.2) is 0 Å². The summed E-state index contributed by atoms with van der Waals surface area (Å²) in [5.41, 5.74) is 13.2. The van der Waals surface area contributed by atoms with Crippen LogP contribution in [0.3, 0.4) is 0 Å². The van der Waals surface area contributed by atoms with Crippen molar-refractivity contribution in [1.82, 2.24) is 5.32 Å². The lowest BCUT2D eigenvalue weighted by Crippen LogP contribution is -2.33. The zero-order valence-electron chi connectivity index (χ0n) is 35.3. The van der Waals surface area contributed by atoms with E-state index < -0.39 is 0 Å². The highest BCUT2D eigenvalue weighted by atomic mass is 16.5. The van der Waals surface area contributed by atoms with Gasteiger partial charge in [-0.2, -0.15) is 0 Å². The molecule has 0 saturated heterocycles. The average molecular weight is 775 g/mol. The molecule has 0 amide bonds. The van der Waals surface area contributed by atoms with Gasteiger partial charge in [0, 0.05) is 28.7 Å². The standard InChI is InChI=1S/C46H44N2O.C10H14/c1-5-11-40(12-6-2)48(42-26-30-44(31-27-42)49-43-28-15-34(3)16-29-43)41-24-22-37(23-25-41)36-18-20-38(21-19-36)45-33-35(4)17-32-46(45)47-39-13-9-7-8-10-14-39;1-3-4-10-7-5-9(2)6-8-10/h5-7,9-33,45-47H,1,8H2,2-4H3;5-8H,3-4H2,1-2H3/b12-6-,40-11+;. The Kier molecular flexibility index (Phi) is 15.1. The van der Waals surface area contributed by atoms with Gasteiger partial charge in [-0.05, 0) is 136 Å². The maximum Gasteiger partial charge on any atom is 0.127 e. The highest BCUT2D eigenvalue weighted by molar-refractivity contribution is 5.74. The molecule has 0 radical (unpaired) electrons. The average Bonchev–Trinajstić information content (AvgIpc) is 3.53. The number of allylic oxidation sites excluding steroid dienone is 11. The van der Waals surface area contributed by atoms with E-state index in [1.807, 2.05) is 49.4 Å². The molecule has 0 fully saturated rings. The second kappa shape index (κ2) is 21.3. The number of benzene rings is 5. The number of aryl methyl sites for hydroxylation is 3. The minimum Gasteiger partial charge on any atom is -0.457 e. The Labute approximate surface area is 353 Å². The summed E-state index contributed by atoms with van der Waals surface area (Å²) in [6, 6.07) is 43.0. The first-order valence-corrected chi connectivity index (χ1v) is 20.9. The molecule has 0 bridgehead atoms. The Morgan fingerprint density at radius 2 is 1.34 bits per heavy atom. The van der Waals surface area contributed by atoms with Crippen LogP contribution < -0.4 is 15.0 Å². The molecule has 5 aromatic rings. The molecule has 59 heavy (non-hydrogen) atoms. The molecule has 298 valence electrons. The van der Waals surface area contributed by atoms with Gasteiger partial charge < -0.3 is 15.0 Å². The maximum atomic E-state index is 6.11. The number of ether oxygens (including phenoxy) is 1. The number of rotatable bonds is 13. The molecule has 7 rings (SSSR count). The van der Waals surface area contributed by atoms with Gasteiger partial charge in [-0.25, -0.2) is 0 Å². The first kappa shape index (κ1) is 42.0. The lowest BCUT2D eigenvalue weighted by atomic mass is 9.85. The monoisotopic (exact) mass is 774 g/mol. The van der Waals surface area contributed by atoms with Crippen LogP contribution in [0.15, 0.2) is 218 Å². The first-order valence-electron chi connectivity index (χ1n) is 20.9. The van der Waals surface area contributed by atoms with Crippen LogP contribution in [-0.4, -0.2) is 6.04 Å². The molecule has 1 N–H and O–H groups in total. The Morgan fingerprint density at radius 3 is 1.95 bits per heavy atom. The quantitative estimate of drug-likeness (QED) is 0.121. The highest BCUT2D eigenvalue weighted by Gasteiger charge is 2.22. The molecule has 2 aliphatic rings. The minimum atomic E-state index is 0.181. The van der Waals surface area contributed by atoms with Gasteiger partial charge in [0.05, 0.1) is 6.04 Å². The van der Waals surface area contributed by atoms with E-state index in [9.17, 15) is 0 Å². The van der Waals surface area contributed by atoms with E-state index >= 15 is 0 Å². The van der Waals surface area contributed by atoms with Gasteiger partial charge in [-0.1, -0.05) is 158 Å².